The summed E-state index contributed by atoms with van der Waals surface area (Å²) in [4.78, 5) is 2.46. The van der Waals surface area contributed by atoms with E-state index in [1.54, 1.807) is 0 Å². The number of nitrogens with zero attached hydrogens (tertiary/aromatic N) is 1. The Morgan fingerprint density at radius 3 is 1.91 bits per heavy atom. The molecular weight excluding hydrogens is 134 g/mol. The maximum absolute atomic E-state index is 2.46. The zero-order valence-electron chi connectivity index (χ0n) is 8.14. The molecule has 1 aliphatic heterocycles. The minimum atomic E-state index is 0.938. The van der Waals surface area contributed by atoms with Crippen LogP contribution < -0.4 is 0 Å². The molecule has 0 aromatic carbocycles. The van der Waals surface area contributed by atoms with E-state index in [0.29, 0.717) is 0 Å². The largest absolute Gasteiger partial charge is 0.306 e. The fraction of sp³-hybridized carbons (Fsp3) is 1.00. The van der Waals surface area contributed by atoms with Gasteiger partial charge in [0.25, 0.3) is 0 Å². The highest BCUT2D eigenvalue weighted by Gasteiger charge is 2.13. The Hall–Kier alpha value is -0.0400. The average Bonchev–Trinajstić information content (AvgIpc) is 1.95. The molecule has 0 radical (unpaired) electrons. The summed E-state index contributed by atoms with van der Waals surface area (Å²) in [5.74, 6) is 1.88. The van der Waals surface area contributed by atoms with E-state index < -0.39 is 0 Å². The van der Waals surface area contributed by atoms with Crippen LogP contribution in [-0.4, -0.2) is 25.0 Å². The molecule has 0 aromatic rings. The van der Waals surface area contributed by atoms with E-state index in [1.807, 2.05) is 0 Å². The van der Waals surface area contributed by atoms with Gasteiger partial charge in [0.15, 0.2) is 0 Å². The lowest BCUT2D eigenvalue weighted by molar-refractivity contribution is 0.231. The zero-order valence-corrected chi connectivity index (χ0v) is 8.14. The van der Waals surface area contributed by atoms with Crippen molar-refractivity contribution in [3.8, 4) is 0 Å². The second kappa shape index (κ2) is 4.10. The SMILES string of the molecule is CC1CCN(C)CCC(C)C1. The highest BCUT2D eigenvalue weighted by molar-refractivity contribution is 4.67. The standard InChI is InChI=1S/C10H21N/c1-9-4-6-11(3)7-5-10(2)8-9/h9-10H,4-8H2,1-3H3. The molecule has 1 aliphatic rings. The Morgan fingerprint density at radius 1 is 1.00 bits per heavy atom. The first kappa shape index (κ1) is 9.05. The van der Waals surface area contributed by atoms with Crippen molar-refractivity contribution in [2.75, 3.05) is 20.1 Å². The van der Waals surface area contributed by atoms with Gasteiger partial charge in [0.1, 0.15) is 0 Å². The van der Waals surface area contributed by atoms with Crippen molar-refractivity contribution in [1.82, 2.24) is 4.90 Å². The van der Waals surface area contributed by atoms with Crippen molar-refractivity contribution in [2.45, 2.75) is 33.1 Å². The number of hydrogen-bond acceptors (Lipinski definition) is 1. The Balaban J connectivity index is 2.34. The summed E-state index contributed by atoms with van der Waals surface area (Å²) < 4.78 is 0. The topological polar surface area (TPSA) is 3.24 Å². The maximum Gasteiger partial charge on any atom is -0.00192 e. The van der Waals surface area contributed by atoms with Gasteiger partial charge in [-0.05, 0) is 51.2 Å². The van der Waals surface area contributed by atoms with E-state index in [2.05, 4.69) is 25.8 Å². The Bertz CT molecular complexity index is 99.4. The van der Waals surface area contributed by atoms with Crippen LogP contribution in [0.3, 0.4) is 0 Å². The lowest BCUT2D eigenvalue weighted by Gasteiger charge is -2.26. The van der Waals surface area contributed by atoms with Crippen LogP contribution in [-0.2, 0) is 0 Å². The second-order valence-electron chi connectivity index (χ2n) is 4.33. The van der Waals surface area contributed by atoms with E-state index in [1.165, 1.54) is 32.4 Å². The maximum atomic E-state index is 2.46. The predicted octanol–water partition coefficient (Wildman–Crippen LogP) is 2.37. The van der Waals surface area contributed by atoms with Crippen molar-refractivity contribution in [3.63, 3.8) is 0 Å². The van der Waals surface area contributed by atoms with Crippen molar-refractivity contribution >= 4 is 0 Å². The molecule has 0 saturated carbocycles. The summed E-state index contributed by atoms with van der Waals surface area (Å²) in [7, 11) is 2.24. The first-order valence-electron chi connectivity index (χ1n) is 4.87. The Morgan fingerprint density at radius 2 is 1.45 bits per heavy atom. The third-order valence-electron chi connectivity index (χ3n) is 2.81. The van der Waals surface area contributed by atoms with Gasteiger partial charge >= 0.3 is 0 Å². The van der Waals surface area contributed by atoms with E-state index in [0.717, 1.165) is 11.8 Å². The van der Waals surface area contributed by atoms with Gasteiger partial charge in [-0.15, -0.1) is 0 Å². The molecule has 0 aromatic heterocycles. The summed E-state index contributed by atoms with van der Waals surface area (Å²) in [6.07, 6.45) is 4.22. The summed E-state index contributed by atoms with van der Waals surface area (Å²) in [5, 5.41) is 0. The van der Waals surface area contributed by atoms with Crippen molar-refractivity contribution < 1.29 is 0 Å². The van der Waals surface area contributed by atoms with Crippen LogP contribution in [0, 0.1) is 11.8 Å². The minimum Gasteiger partial charge on any atom is -0.306 e. The molecule has 0 spiro atoms. The van der Waals surface area contributed by atoms with E-state index in [9.17, 15) is 0 Å². The first-order valence-corrected chi connectivity index (χ1v) is 4.87. The highest BCUT2D eigenvalue weighted by atomic mass is 15.1. The molecule has 1 heteroatoms. The third kappa shape index (κ3) is 3.24. The van der Waals surface area contributed by atoms with E-state index in [4.69, 9.17) is 0 Å². The molecule has 0 bridgehead atoms. The van der Waals surface area contributed by atoms with Crippen LogP contribution in [0.15, 0.2) is 0 Å². The first-order chi connectivity index (χ1) is 5.18. The van der Waals surface area contributed by atoms with Gasteiger partial charge in [0, 0.05) is 0 Å². The summed E-state index contributed by atoms with van der Waals surface area (Å²) in [6, 6.07) is 0. The van der Waals surface area contributed by atoms with Gasteiger partial charge in [0.05, 0.1) is 0 Å². The van der Waals surface area contributed by atoms with E-state index >= 15 is 0 Å². The number of rotatable bonds is 0. The molecule has 1 saturated heterocycles. The second-order valence-corrected chi connectivity index (χ2v) is 4.33. The molecule has 1 rings (SSSR count). The van der Waals surface area contributed by atoms with Gasteiger partial charge in [0.2, 0.25) is 0 Å². The Kier molecular flexibility index (Phi) is 3.38. The molecule has 1 nitrogen and oxygen atoms in total. The monoisotopic (exact) mass is 155 g/mol. The molecular formula is C10H21N. The fourth-order valence-corrected chi connectivity index (χ4v) is 1.92. The number of hydrogen-bond donors (Lipinski definition) is 0. The van der Waals surface area contributed by atoms with Gasteiger partial charge in [-0.3, -0.25) is 0 Å². The van der Waals surface area contributed by atoms with Crippen LogP contribution in [0.5, 0.6) is 0 Å². The van der Waals surface area contributed by atoms with Gasteiger partial charge in [-0.25, -0.2) is 0 Å². The molecule has 0 N–H and O–H groups in total. The minimum absolute atomic E-state index is 0.938. The fourth-order valence-electron chi connectivity index (χ4n) is 1.92. The molecule has 66 valence electrons. The summed E-state index contributed by atoms with van der Waals surface area (Å²) in [6.45, 7) is 7.37. The lowest BCUT2D eigenvalue weighted by atomic mass is 9.91. The molecule has 0 aliphatic carbocycles. The van der Waals surface area contributed by atoms with Crippen LogP contribution in [0.25, 0.3) is 0 Å². The normalized spacial score (nSPS) is 36.3. The zero-order chi connectivity index (χ0) is 8.27. The van der Waals surface area contributed by atoms with Crippen LogP contribution in [0.1, 0.15) is 33.1 Å². The smallest absolute Gasteiger partial charge is 0.00192 e. The molecule has 1 fully saturated rings. The highest BCUT2D eigenvalue weighted by Crippen LogP contribution is 2.20. The molecule has 1 heterocycles. The van der Waals surface area contributed by atoms with Crippen LogP contribution in [0.2, 0.25) is 0 Å². The third-order valence-corrected chi connectivity index (χ3v) is 2.81. The average molecular weight is 155 g/mol. The molecule has 11 heavy (non-hydrogen) atoms. The molecule has 2 unspecified atom stereocenters. The molecule has 0 amide bonds. The van der Waals surface area contributed by atoms with Crippen LogP contribution >= 0.6 is 0 Å². The lowest BCUT2D eigenvalue weighted by Crippen LogP contribution is -2.27. The Labute approximate surface area is 70.8 Å². The summed E-state index contributed by atoms with van der Waals surface area (Å²) in [5.41, 5.74) is 0. The van der Waals surface area contributed by atoms with Gasteiger partial charge in [-0.2, -0.15) is 0 Å². The van der Waals surface area contributed by atoms with E-state index in [-0.39, 0.29) is 0 Å². The van der Waals surface area contributed by atoms with Crippen molar-refractivity contribution in [1.29, 1.82) is 0 Å². The van der Waals surface area contributed by atoms with Gasteiger partial charge < -0.3 is 4.90 Å². The quantitative estimate of drug-likeness (QED) is 0.519. The van der Waals surface area contributed by atoms with Crippen LogP contribution in [0.4, 0.5) is 0 Å². The number of likely N-dealkylation sites (tertiary alicyclic amines) is 1. The predicted molar refractivity (Wildman–Crippen MR) is 49.7 cm³/mol. The molecule has 2 atom stereocenters. The van der Waals surface area contributed by atoms with Crippen molar-refractivity contribution in [2.24, 2.45) is 11.8 Å². The van der Waals surface area contributed by atoms with Gasteiger partial charge in [-0.1, -0.05) is 13.8 Å². The van der Waals surface area contributed by atoms with Crippen molar-refractivity contribution in [3.05, 3.63) is 0 Å². The summed E-state index contributed by atoms with van der Waals surface area (Å²) >= 11 is 0.